The van der Waals surface area contributed by atoms with Gasteiger partial charge in [-0.1, -0.05) is 20.8 Å². The third-order valence-corrected chi connectivity index (χ3v) is 2.52. The van der Waals surface area contributed by atoms with E-state index in [-0.39, 0.29) is 5.92 Å². The first-order chi connectivity index (χ1) is 5.65. The number of hydrogen-bond donors (Lipinski definition) is 0. The maximum atomic E-state index is 8.65. The molecule has 2 heteroatoms. The van der Waals surface area contributed by atoms with Crippen LogP contribution in [0.2, 0.25) is 0 Å². The minimum absolute atomic E-state index is 0.238. The lowest BCUT2D eigenvalue weighted by molar-refractivity contribution is -0.0708. The van der Waals surface area contributed by atoms with Gasteiger partial charge in [-0.15, -0.1) is 0 Å². The molecule has 0 saturated heterocycles. The van der Waals surface area contributed by atoms with Crippen LogP contribution < -0.4 is 0 Å². The second-order valence-electron chi connectivity index (χ2n) is 4.10. The van der Waals surface area contributed by atoms with Gasteiger partial charge >= 0.3 is 0 Å². The summed E-state index contributed by atoms with van der Waals surface area (Å²) in [6.07, 6.45) is 1.28. The van der Waals surface area contributed by atoms with Gasteiger partial charge in [0.15, 0.2) is 0 Å². The topological polar surface area (TPSA) is 33.0 Å². The van der Waals surface area contributed by atoms with E-state index in [1.807, 2.05) is 0 Å². The van der Waals surface area contributed by atoms with Crippen molar-refractivity contribution < 1.29 is 4.74 Å². The van der Waals surface area contributed by atoms with E-state index in [1.165, 1.54) is 0 Å². The first kappa shape index (κ1) is 9.54. The van der Waals surface area contributed by atoms with Gasteiger partial charge in [0.2, 0.25) is 0 Å². The molecular weight excluding hydrogens is 150 g/mol. The Labute approximate surface area is 74.5 Å². The zero-order valence-electron chi connectivity index (χ0n) is 8.08. The van der Waals surface area contributed by atoms with Crippen molar-refractivity contribution in [3.8, 4) is 6.07 Å². The summed E-state index contributed by atoms with van der Waals surface area (Å²) >= 11 is 0. The SMILES string of the molecule is CC(C)COC1CC(C#N)[C@@H]1C. The first-order valence-corrected chi connectivity index (χ1v) is 4.66. The fraction of sp³-hybridized carbons (Fsp3) is 0.900. The Hall–Kier alpha value is -0.550. The Balaban J connectivity index is 2.18. The smallest absolute Gasteiger partial charge is 0.0660 e. The van der Waals surface area contributed by atoms with E-state index < -0.39 is 0 Å². The highest BCUT2D eigenvalue weighted by Crippen LogP contribution is 2.36. The highest BCUT2D eigenvalue weighted by atomic mass is 16.5. The number of rotatable bonds is 3. The normalized spacial score (nSPS) is 34.4. The molecule has 2 unspecified atom stereocenters. The quantitative estimate of drug-likeness (QED) is 0.645. The Morgan fingerprint density at radius 2 is 2.25 bits per heavy atom. The van der Waals surface area contributed by atoms with Gasteiger partial charge in [-0.25, -0.2) is 0 Å². The molecule has 0 aromatic rings. The summed E-state index contributed by atoms with van der Waals surface area (Å²) < 4.78 is 5.63. The highest BCUT2D eigenvalue weighted by Gasteiger charge is 2.38. The van der Waals surface area contributed by atoms with Crippen molar-refractivity contribution in [2.45, 2.75) is 33.3 Å². The Bertz CT molecular complexity index is 183. The predicted octanol–water partition coefficient (Wildman–Crippen LogP) is 2.21. The van der Waals surface area contributed by atoms with Gasteiger partial charge in [-0.3, -0.25) is 0 Å². The average molecular weight is 167 g/mol. The largest absolute Gasteiger partial charge is 0.378 e. The van der Waals surface area contributed by atoms with Gasteiger partial charge in [-0.05, 0) is 18.3 Å². The third kappa shape index (κ3) is 1.98. The summed E-state index contributed by atoms with van der Waals surface area (Å²) in [7, 11) is 0. The number of nitriles is 1. The van der Waals surface area contributed by atoms with Crippen LogP contribution in [0.4, 0.5) is 0 Å². The Morgan fingerprint density at radius 3 is 2.67 bits per heavy atom. The molecule has 1 saturated carbocycles. The second-order valence-corrected chi connectivity index (χ2v) is 4.10. The molecule has 0 bridgehead atoms. The zero-order valence-corrected chi connectivity index (χ0v) is 8.08. The van der Waals surface area contributed by atoms with Crippen LogP contribution in [0.25, 0.3) is 0 Å². The minimum Gasteiger partial charge on any atom is -0.378 e. The predicted molar refractivity (Wildman–Crippen MR) is 47.5 cm³/mol. The summed E-state index contributed by atoms with van der Waals surface area (Å²) in [6.45, 7) is 7.21. The molecule has 0 radical (unpaired) electrons. The van der Waals surface area contributed by atoms with Crippen LogP contribution in [0, 0.1) is 29.1 Å². The lowest BCUT2D eigenvalue weighted by atomic mass is 9.73. The van der Waals surface area contributed by atoms with Crippen molar-refractivity contribution in [3.05, 3.63) is 0 Å². The Morgan fingerprint density at radius 1 is 1.58 bits per heavy atom. The first-order valence-electron chi connectivity index (χ1n) is 4.66. The number of hydrogen-bond acceptors (Lipinski definition) is 2. The van der Waals surface area contributed by atoms with Crippen molar-refractivity contribution in [2.24, 2.45) is 17.8 Å². The molecule has 0 aromatic heterocycles. The molecule has 1 fully saturated rings. The van der Waals surface area contributed by atoms with Crippen molar-refractivity contribution in [1.29, 1.82) is 5.26 Å². The van der Waals surface area contributed by atoms with Crippen molar-refractivity contribution in [1.82, 2.24) is 0 Å². The molecule has 68 valence electrons. The lowest BCUT2D eigenvalue weighted by Crippen LogP contribution is -2.41. The maximum Gasteiger partial charge on any atom is 0.0660 e. The zero-order chi connectivity index (χ0) is 9.14. The third-order valence-electron chi connectivity index (χ3n) is 2.52. The molecule has 12 heavy (non-hydrogen) atoms. The van der Waals surface area contributed by atoms with Crippen molar-refractivity contribution >= 4 is 0 Å². The van der Waals surface area contributed by atoms with Crippen LogP contribution in [0.5, 0.6) is 0 Å². The molecule has 0 spiro atoms. The molecule has 0 heterocycles. The molecule has 1 aliphatic carbocycles. The van der Waals surface area contributed by atoms with Crippen LogP contribution >= 0.6 is 0 Å². The molecular formula is C10H17NO. The van der Waals surface area contributed by atoms with E-state index in [1.54, 1.807) is 0 Å². The van der Waals surface area contributed by atoms with Gasteiger partial charge in [-0.2, -0.15) is 5.26 Å². The van der Waals surface area contributed by atoms with Crippen molar-refractivity contribution in [3.63, 3.8) is 0 Å². The number of nitrogens with zero attached hydrogens (tertiary/aromatic N) is 1. The van der Waals surface area contributed by atoms with E-state index in [4.69, 9.17) is 10.00 Å². The van der Waals surface area contributed by atoms with Crippen LogP contribution in [-0.2, 0) is 4.74 Å². The fourth-order valence-corrected chi connectivity index (χ4v) is 1.45. The van der Waals surface area contributed by atoms with Gasteiger partial charge in [0.1, 0.15) is 0 Å². The van der Waals surface area contributed by atoms with Gasteiger partial charge < -0.3 is 4.74 Å². The van der Waals surface area contributed by atoms with Crippen LogP contribution in [0.15, 0.2) is 0 Å². The summed E-state index contributed by atoms with van der Waals surface area (Å²) in [5, 5.41) is 8.65. The van der Waals surface area contributed by atoms with E-state index in [0.29, 0.717) is 17.9 Å². The van der Waals surface area contributed by atoms with Crippen LogP contribution in [0.3, 0.4) is 0 Å². The average Bonchev–Trinajstić information content (AvgIpc) is 2.02. The number of ether oxygens (including phenoxy) is 1. The van der Waals surface area contributed by atoms with Crippen LogP contribution in [-0.4, -0.2) is 12.7 Å². The van der Waals surface area contributed by atoms with E-state index in [2.05, 4.69) is 26.8 Å². The molecule has 0 aliphatic heterocycles. The van der Waals surface area contributed by atoms with E-state index >= 15 is 0 Å². The summed E-state index contributed by atoms with van der Waals surface area (Å²) in [4.78, 5) is 0. The molecule has 0 aromatic carbocycles. The molecule has 1 rings (SSSR count). The lowest BCUT2D eigenvalue weighted by Gasteiger charge is -2.38. The standard InChI is InChI=1S/C10H17NO/c1-7(2)6-12-10-4-9(5-11)8(10)3/h7-10H,4,6H2,1-3H3/t8-,9?,10?/m0/s1. The minimum atomic E-state index is 0.238. The van der Waals surface area contributed by atoms with Crippen molar-refractivity contribution in [2.75, 3.05) is 6.61 Å². The summed E-state index contributed by atoms with van der Waals surface area (Å²) in [5.41, 5.74) is 0. The summed E-state index contributed by atoms with van der Waals surface area (Å²) in [5.74, 6) is 1.27. The van der Waals surface area contributed by atoms with Gasteiger partial charge in [0, 0.05) is 6.61 Å². The molecule has 3 atom stereocenters. The van der Waals surface area contributed by atoms with Gasteiger partial charge in [0.05, 0.1) is 18.1 Å². The molecule has 0 N–H and O–H groups in total. The monoisotopic (exact) mass is 167 g/mol. The van der Waals surface area contributed by atoms with E-state index in [9.17, 15) is 0 Å². The fourth-order valence-electron chi connectivity index (χ4n) is 1.45. The summed E-state index contributed by atoms with van der Waals surface area (Å²) in [6, 6.07) is 2.29. The molecule has 0 amide bonds. The maximum absolute atomic E-state index is 8.65. The molecule has 2 nitrogen and oxygen atoms in total. The molecule has 1 aliphatic rings. The van der Waals surface area contributed by atoms with Gasteiger partial charge in [0.25, 0.3) is 0 Å². The van der Waals surface area contributed by atoms with Crippen LogP contribution in [0.1, 0.15) is 27.2 Å². The van der Waals surface area contributed by atoms with E-state index in [0.717, 1.165) is 13.0 Å². The Kier molecular flexibility index (Phi) is 3.11. The second kappa shape index (κ2) is 3.91. The highest BCUT2D eigenvalue weighted by molar-refractivity contribution is 4.99.